The number of thioether (sulfide) groups is 1. The molecular formula is C22H19BrN6O2S. The zero-order valence-electron chi connectivity index (χ0n) is 16.8. The van der Waals surface area contributed by atoms with Gasteiger partial charge in [-0.2, -0.15) is 0 Å². The van der Waals surface area contributed by atoms with Crippen molar-refractivity contribution in [2.24, 2.45) is 0 Å². The molecule has 0 aliphatic carbocycles. The van der Waals surface area contributed by atoms with Crippen LogP contribution < -0.4 is 11.5 Å². The number of nitrogens with two attached hydrogens (primary N) is 2. The molecule has 32 heavy (non-hydrogen) atoms. The Bertz CT molecular complexity index is 1310. The van der Waals surface area contributed by atoms with Gasteiger partial charge >= 0.3 is 0 Å². The van der Waals surface area contributed by atoms with Crippen LogP contribution in [0, 0.1) is 0 Å². The lowest BCUT2D eigenvalue weighted by Crippen LogP contribution is -2.05. The van der Waals surface area contributed by atoms with E-state index in [1.165, 1.54) is 18.1 Å². The Hall–Kier alpha value is -3.24. The molecule has 0 saturated heterocycles. The van der Waals surface area contributed by atoms with Gasteiger partial charge in [-0.1, -0.05) is 46.3 Å². The van der Waals surface area contributed by atoms with Crippen LogP contribution in [-0.4, -0.2) is 19.5 Å². The van der Waals surface area contributed by atoms with Crippen molar-refractivity contribution in [3.8, 4) is 0 Å². The highest BCUT2D eigenvalue weighted by atomic mass is 79.9. The Kier molecular flexibility index (Phi) is 5.62. The van der Waals surface area contributed by atoms with Gasteiger partial charge in [-0.05, 0) is 41.9 Å². The summed E-state index contributed by atoms with van der Waals surface area (Å²) in [6, 6.07) is 15.6. The maximum atomic E-state index is 6.06. The summed E-state index contributed by atoms with van der Waals surface area (Å²) in [6.45, 7) is 0.654. The second-order valence-electron chi connectivity index (χ2n) is 7.12. The Morgan fingerprint density at radius 3 is 2.69 bits per heavy atom. The van der Waals surface area contributed by atoms with Crippen LogP contribution >= 0.6 is 27.7 Å². The van der Waals surface area contributed by atoms with E-state index in [0.29, 0.717) is 33.8 Å². The molecule has 1 atom stereocenters. The number of halogens is 1. The maximum Gasteiger partial charge on any atom is 0.268 e. The SMILES string of the molecule is Nc1ccc(CCn2c(SC3=COC(c4ccccc4Br)O3)nc3c(N)ncnc32)cc1. The molecule has 4 aromatic rings. The highest BCUT2D eigenvalue weighted by Crippen LogP contribution is 2.40. The van der Waals surface area contributed by atoms with Gasteiger partial charge in [-0.3, -0.25) is 0 Å². The Labute approximate surface area is 196 Å². The average molecular weight is 511 g/mol. The lowest BCUT2D eigenvalue weighted by molar-refractivity contribution is -0.0278. The summed E-state index contributed by atoms with van der Waals surface area (Å²) in [6.07, 6.45) is 3.31. The summed E-state index contributed by atoms with van der Waals surface area (Å²) in [5.41, 5.74) is 15.9. The molecule has 10 heteroatoms. The number of nitrogen functional groups attached to an aromatic ring is 2. The topological polar surface area (TPSA) is 114 Å². The fourth-order valence-corrected chi connectivity index (χ4v) is 4.67. The first-order valence-corrected chi connectivity index (χ1v) is 11.4. The molecular weight excluding hydrogens is 492 g/mol. The van der Waals surface area contributed by atoms with E-state index in [1.54, 1.807) is 6.26 Å². The molecule has 0 fully saturated rings. The summed E-state index contributed by atoms with van der Waals surface area (Å²) in [7, 11) is 0. The zero-order valence-corrected chi connectivity index (χ0v) is 19.2. The molecule has 0 amide bonds. The van der Waals surface area contributed by atoms with Crippen molar-refractivity contribution < 1.29 is 9.47 Å². The number of ether oxygens (including phenoxy) is 2. The van der Waals surface area contributed by atoms with Gasteiger partial charge in [-0.25, -0.2) is 15.0 Å². The highest BCUT2D eigenvalue weighted by molar-refractivity contribution is 9.10. The largest absolute Gasteiger partial charge is 0.454 e. The monoisotopic (exact) mass is 510 g/mol. The normalized spacial score (nSPS) is 15.4. The van der Waals surface area contributed by atoms with Gasteiger partial charge in [0, 0.05) is 22.3 Å². The van der Waals surface area contributed by atoms with Crippen LogP contribution in [0.25, 0.3) is 11.2 Å². The highest BCUT2D eigenvalue weighted by Gasteiger charge is 2.26. The summed E-state index contributed by atoms with van der Waals surface area (Å²) in [5, 5.41) is 1.30. The van der Waals surface area contributed by atoms with Gasteiger partial charge in [0.25, 0.3) is 6.29 Å². The minimum Gasteiger partial charge on any atom is -0.454 e. The Morgan fingerprint density at radius 2 is 1.88 bits per heavy atom. The van der Waals surface area contributed by atoms with Gasteiger partial charge in [0.05, 0.1) is 0 Å². The molecule has 0 bridgehead atoms. The minimum atomic E-state index is -0.523. The van der Waals surface area contributed by atoms with Crippen LogP contribution in [0.3, 0.4) is 0 Å². The Morgan fingerprint density at radius 1 is 1.06 bits per heavy atom. The van der Waals surface area contributed by atoms with Crippen molar-refractivity contribution in [3.05, 3.63) is 81.8 Å². The first-order valence-electron chi connectivity index (χ1n) is 9.84. The van der Waals surface area contributed by atoms with E-state index < -0.39 is 6.29 Å². The first kappa shape index (κ1) is 20.7. The molecule has 1 unspecified atom stereocenters. The summed E-state index contributed by atoms with van der Waals surface area (Å²) in [5.74, 6) is 0.340. The minimum absolute atomic E-state index is 0.340. The number of imidazole rings is 1. The Balaban J connectivity index is 1.39. The smallest absolute Gasteiger partial charge is 0.268 e. The number of fused-ring (bicyclic) bond motifs is 1. The van der Waals surface area contributed by atoms with Crippen LogP contribution in [0.15, 0.2) is 75.8 Å². The predicted octanol–water partition coefficient (Wildman–Crippen LogP) is 4.63. The van der Waals surface area contributed by atoms with Gasteiger partial charge in [0.1, 0.15) is 12.6 Å². The van der Waals surface area contributed by atoms with E-state index >= 15 is 0 Å². The lowest BCUT2D eigenvalue weighted by Gasteiger charge is -2.13. The molecule has 2 aromatic heterocycles. The summed E-state index contributed by atoms with van der Waals surface area (Å²) in [4.78, 5) is 13.2. The number of rotatable bonds is 6. The zero-order chi connectivity index (χ0) is 22.1. The number of hydrogen-bond acceptors (Lipinski definition) is 8. The first-order chi connectivity index (χ1) is 15.6. The molecule has 3 heterocycles. The maximum absolute atomic E-state index is 6.06. The van der Waals surface area contributed by atoms with E-state index in [1.807, 2.05) is 53.1 Å². The summed E-state index contributed by atoms with van der Waals surface area (Å²) >= 11 is 4.90. The number of anilines is 2. The van der Waals surface area contributed by atoms with Crippen molar-refractivity contribution in [1.82, 2.24) is 19.5 Å². The molecule has 4 N–H and O–H groups in total. The quantitative estimate of drug-likeness (QED) is 0.360. The third kappa shape index (κ3) is 4.11. The fourth-order valence-electron chi connectivity index (χ4n) is 3.36. The van der Waals surface area contributed by atoms with Crippen molar-refractivity contribution in [3.63, 3.8) is 0 Å². The van der Waals surface area contributed by atoms with E-state index in [-0.39, 0.29) is 0 Å². The lowest BCUT2D eigenvalue weighted by atomic mass is 10.1. The predicted molar refractivity (Wildman–Crippen MR) is 127 cm³/mol. The molecule has 8 nitrogen and oxygen atoms in total. The van der Waals surface area contributed by atoms with E-state index in [4.69, 9.17) is 20.9 Å². The molecule has 162 valence electrons. The van der Waals surface area contributed by atoms with E-state index in [2.05, 4.69) is 30.9 Å². The van der Waals surface area contributed by atoms with Gasteiger partial charge < -0.3 is 25.5 Å². The van der Waals surface area contributed by atoms with Crippen LogP contribution in [-0.2, 0) is 22.4 Å². The molecule has 2 aromatic carbocycles. The molecule has 5 rings (SSSR count). The van der Waals surface area contributed by atoms with Crippen molar-refractivity contribution >= 4 is 50.4 Å². The number of aryl methyl sites for hydroxylation is 2. The van der Waals surface area contributed by atoms with Crippen molar-refractivity contribution in [2.45, 2.75) is 24.4 Å². The summed E-state index contributed by atoms with van der Waals surface area (Å²) < 4.78 is 14.7. The van der Waals surface area contributed by atoms with Crippen molar-refractivity contribution in [1.29, 1.82) is 0 Å². The number of hydrogen-bond donors (Lipinski definition) is 2. The van der Waals surface area contributed by atoms with E-state index in [9.17, 15) is 0 Å². The van der Waals surface area contributed by atoms with Gasteiger partial charge in [0.15, 0.2) is 22.1 Å². The van der Waals surface area contributed by atoms with Gasteiger partial charge in [0.2, 0.25) is 5.09 Å². The van der Waals surface area contributed by atoms with Crippen LogP contribution in [0.1, 0.15) is 17.4 Å². The number of nitrogens with zero attached hydrogens (tertiary/aromatic N) is 4. The number of benzene rings is 2. The molecule has 0 spiro atoms. The molecule has 1 aliphatic heterocycles. The molecule has 0 radical (unpaired) electrons. The second-order valence-corrected chi connectivity index (χ2v) is 8.94. The third-order valence-electron chi connectivity index (χ3n) is 4.99. The standard InChI is InChI=1S/C22H19BrN6O2S/c23-16-4-2-1-3-15(16)21-30-11-17(31-21)32-22-28-18-19(25)26-12-27-20(18)29(22)10-9-13-5-7-14(24)8-6-13/h1-8,11-12,21H,9-10,24H2,(H2,25,26,27). The third-order valence-corrected chi connectivity index (χ3v) is 6.60. The van der Waals surface area contributed by atoms with E-state index in [0.717, 1.165) is 27.7 Å². The fraction of sp³-hybridized carbons (Fsp3) is 0.136. The van der Waals surface area contributed by atoms with Crippen LogP contribution in [0.2, 0.25) is 0 Å². The molecule has 1 aliphatic rings. The average Bonchev–Trinajstić information content (AvgIpc) is 3.39. The molecule has 0 saturated carbocycles. The van der Waals surface area contributed by atoms with Crippen LogP contribution in [0.4, 0.5) is 11.5 Å². The van der Waals surface area contributed by atoms with Crippen molar-refractivity contribution in [2.75, 3.05) is 11.5 Å². The second kappa shape index (κ2) is 8.71. The van der Waals surface area contributed by atoms with Crippen LogP contribution in [0.5, 0.6) is 0 Å². The van der Waals surface area contributed by atoms with Gasteiger partial charge in [-0.15, -0.1) is 0 Å². The number of aromatic nitrogens is 4.